The van der Waals surface area contributed by atoms with Crippen molar-refractivity contribution in [1.82, 2.24) is 0 Å². The number of benzene rings is 1. The Bertz CT molecular complexity index is 366. The van der Waals surface area contributed by atoms with Gasteiger partial charge in [-0.2, -0.15) is 0 Å². The van der Waals surface area contributed by atoms with Crippen molar-refractivity contribution in [3.05, 3.63) is 35.9 Å². The maximum atomic E-state index is 11.4. The highest BCUT2D eigenvalue weighted by Gasteiger charge is 2.39. The van der Waals surface area contributed by atoms with Crippen LogP contribution in [0.15, 0.2) is 30.3 Å². The Morgan fingerprint density at radius 3 is 2.47 bits per heavy atom. The molecule has 0 aliphatic carbocycles. The molecule has 0 atom stereocenters. The molecule has 1 fully saturated rings. The molecule has 0 bridgehead atoms. The SMILES string of the molecule is O=C(O)C1(CCc2ccccc2)CCOCC1. The minimum Gasteiger partial charge on any atom is -0.481 e. The Kier molecular flexibility index (Phi) is 3.79. The Balaban J connectivity index is 2.01. The summed E-state index contributed by atoms with van der Waals surface area (Å²) in [7, 11) is 0. The van der Waals surface area contributed by atoms with Crippen LogP contribution in [0.5, 0.6) is 0 Å². The summed E-state index contributed by atoms with van der Waals surface area (Å²) in [5.41, 5.74) is 0.633. The summed E-state index contributed by atoms with van der Waals surface area (Å²) in [5, 5.41) is 9.41. The van der Waals surface area contributed by atoms with Gasteiger partial charge in [-0.1, -0.05) is 30.3 Å². The number of carboxylic acid groups (broad SMARTS) is 1. The number of carbonyl (C=O) groups is 1. The topological polar surface area (TPSA) is 46.5 Å². The van der Waals surface area contributed by atoms with E-state index < -0.39 is 11.4 Å². The van der Waals surface area contributed by atoms with E-state index >= 15 is 0 Å². The van der Waals surface area contributed by atoms with Crippen LogP contribution >= 0.6 is 0 Å². The average Bonchev–Trinajstić information content (AvgIpc) is 2.38. The van der Waals surface area contributed by atoms with E-state index in [1.165, 1.54) is 5.56 Å². The second-order valence-electron chi connectivity index (χ2n) is 4.68. The third kappa shape index (κ3) is 2.86. The third-order valence-electron chi connectivity index (χ3n) is 3.64. The van der Waals surface area contributed by atoms with Gasteiger partial charge in [0.25, 0.3) is 0 Å². The van der Waals surface area contributed by atoms with E-state index in [1.54, 1.807) is 0 Å². The smallest absolute Gasteiger partial charge is 0.309 e. The molecule has 0 unspecified atom stereocenters. The average molecular weight is 234 g/mol. The Morgan fingerprint density at radius 2 is 1.88 bits per heavy atom. The van der Waals surface area contributed by atoms with Crippen LogP contribution in [-0.4, -0.2) is 24.3 Å². The van der Waals surface area contributed by atoms with Crippen molar-refractivity contribution >= 4 is 5.97 Å². The molecular weight excluding hydrogens is 216 g/mol. The Hall–Kier alpha value is -1.35. The molecule has 1 aliphatic rings. The van der Waals surface area contributed by atoms with E-state index in [9.17, 15) is 9.90 Å². The van der Waals surface area contributed by atoms with E-state index in [1.807, 2.05) is 18.2 Å². The van der Waals surface area contributed by atoms with Crippen LogP contribution in [0.4, 0.5) is 0 Å². The quantitative estimate of drug-likeness (QED) is 0.870. The van der Waals surface area contributed by atoms with Crippen molar-refractivity contribution in [2.45, 2.75) is 25.7 Å². The fourth-order valence-electron chi connectivity index (χ4n) is 2.36. The molecule has 0 radical (unpaired) electrons. The molecule has 1 heterocycles. The van der Waals surface area contributed by atoms with Gasteiger partial charge in [-0.05, 0) is 31.2 Å². The molecular formula is C14H18O3. The van der Waals surface area contributed by atoms with Crippen molar-refractivity contribution in [3.63, 3.8) is 0 Å². The molecule has 0 amide bonds. The maximum Gasteiger partial charge on any atom is 0.309 e. The zero-order valence-corrected chi connectivity index (χ0v) is 9.89. The molecule has 0 aromatic heterocycles. The first-order valence-corrected chi connectivity index (χ1v) is 6.08. The second kappa shape index (κ2) is 5.32. The largest absolute Gasteiger partial charge is 0.481 e. The van der Waals surface area contributed by atoms with Crippen LogP contribution in [0.1, 0.15) is 24.8 Å². The molecule has 1 saturated heterocycles. The molecule has 3 heteroatoms. The highest BCUT2D eigenvalue weighted by atomic mass is 16.5. The van der Waals surface area contributed by atoms with Gasteiger partial charge in [0.05, 0.1) is 5.41 Å². The number of hydrogen-bond donors (Lipinski definition) is 1. The van der Waals surface area contributed by atoms with Gasteiger partial charge in [-0.3, -0.25) is 4.79 Å². The number of aliphatic carboxylic acids is 1. The minimum absolute atomic E-state index is 0.571. The lowest BCUT2D eigenvalue weighted by molar-refractivity contribution is -0.155. The monoisotopic (exact) mass is 234 g/mol. The Labute approximate surface area is 101 Å². The molecule has 1 N–H and O–H groups in total. The minimum atomic E-state index is -0.670. The number of hydrogen-bond acceptors (Lipinski definition) is 2. The first-order chi connectivity index (χ1) is 8.23. The molecule has 1 aromatic rings. The first-order valence-electron chi connectivity index (χ1n) is 6.08. The van der Waals surface area contributed by atoms with Crippen LogP contribution < -0.4 is 0 Å². The number of carboxylic acids is 1. The van der Waals surface area contributed by atoms with Gasteiger partial charge in [-0.15, -0.1) is 0 Å². The second-order valence-corrected chi connectivity index (χ2v) is 4.68. The summed E-state index contributed by atoms with van der Waals surface area (Å²) < 4.78 is 5.26. The zero-order valence-electron chi connectivity index (χ0n) is 9.89. The lowest BCUT2D eigenvalue weighted by Crippen LogP contribution is -2.37. The fourth-order valence-corrected chi connectivity index (χ4v) is 2.36. The van der Waals surface area contributed by atoms with Crippen LogP contribution in [0.25, 0.3) is 0 Å². The molecule has 3 nitrogen and oxygen atoms in total. The van der Waals surface area contributed by atoms with Crippen molar-refractivity contribution in [2.75, 3.05) is 13.2 Å². The molecule has 0 saturated carbocycles. The summed E-state index contributed by atoms with van der Waals surface area (Å²) >= 11 is 0. The summed E-state index contributed by atoms with van der Waals surface area (Å²) in [6.45, 7) is 1.14. The van der Waals surface area contributed by atoms with E-state index in [0.717, 1.165) is 6.42 Å². The third-order valence-corrected chi connectivity index (χ3v) is 3.64. The standard InChI is InChI=1S/C14H18O3/c15-13(16)14(8-10-17-11-9-14)7-6-12-4-2-1-3-5-12/h1-5H,6-11H2,(H,15,16). The van der Waals surface area contributed by atoms with E-state index in [2.05, 4.69) is 12.1 Å². The molecule has 1 aromatic carbocycles. The van der Waals surface area contributed by atoms with E-state index in [-0.39, 0.29) is 0 Å². The van der Waals surface area contributed by atoms with E-state index in [0.29, 0.717) is 32.5 Å². The summed E-state index contributed by atoms with van der Waals surface area (Å²) in [4.78, 5) is 11.4. The number of aryl methyl sites for hydroxylation is 1. The number of rotatable bonds is 4. The van der Waals surface area contributed by atoms with E-state index in [4.69, 9.17) is 4.74 Å². The summed E-state index contributed by atoms with van der Waals surface area (Å²) in [6, 6.07) is 10.1. The summed E-state index contributed by atoms with van der Waals surface area (Å²) in [6.07, 6.45) is 2.80. The lowest BCUT2D eigenvalue weighted by atomic mass is 9.76. The molecule has 2 rings (SSSR count). The molecule has 92 valence electrons. The zero-order chi connectivity index (χ0) is 12.1. The van der Waals surface area contributed by atoms with Gasteiger partial charge in [0.1, 0.15) is 0 Å². The maximum absolute atomic E-state index is 11.4. The van der Waals surface area contributed by atoms with Gasteiger partial charge in [-0.25, -0.2) is 0 Å². The van der Waals surface area contributed by atoms with Gasteiger partial charge in [0.2, 0.25) is 0 Å². The van der Waals surface area contributed by atoms with Gasteiger partial charge >= 0.3 is 5.97 Å². The normalized spacial score (nSPS) is 18.8. The van der Waals surface area contributed by atoms with Crippen molar-refractivity contribution < 1.29 is 14.6 Å². The first kappa shape index (κ1) is 12.1. The predicted molar refractivity (Wildman–Crippen MR) is 64.9 cm³/mol. The highest BCUT2D eigenvalue weighted by molar-refractivity contribution is 5.74. The fraction of sp³-hybridized carbons (Fsp3) is 0.500. The predicted octanol–water partition coefficient (Wildman–Crippen LogP) is 2.50. The van der Waals surface area contributed by atoms with Crippen LogP contribution in [-0.2, 0) is 16.0 Å². The van der Waals surface area contributed by atoms with Gasteiger partial charge < -0.3 is 9.84 Å². The molecule has 0 spiro atoms. The van der Waals surface area contributed by atoms with Crippen LogP contribution in [0.3, 0.4) is 0 Å². The van der Waals surface area contributed by atoms with Crippen molar-refractivity contribution in [3.8, 4) is 0 Å². The highest BCUT2D eigenvalue weighted by Crippen LogP contribution is 2.35. The van der Waals surface area contributed by atoms with Crippen LogP contribution in [0.2, 0.25) is 0 Å². The van der Waals surface area contributed by atoms with Crippen molar-refractivity contribution in [1.29, 1.82) is 0 Å². The van der Waals surface area contributed by atoms with Gasteiger partial charge in [0, 0.05) is 13.2 Å². The van der Waals surface area contributed by atoms with Crippen LogP contribution in [0, 0.1) is 5.41 Å². The molecule has 17 heavy (non-hydrogen) atoms. The molecule has 1 aliphatic heterocycles. The van der Waals surface area contributed by atoms with Crippen molar-refractivity contribution in [2.24, 2.45) is 5.41 Å². The summed E-state index contributed by atoms with van der Waals surface area (Å²) in [5.74, 6) is -0.670. The Morgan fingerprint density at radius 1 is 1.24 bits per heavy atom. The number of ether oxygens (including phenoxy) is 1. The van der Waals surface area contributed by atoms with Gasteiger partial charge in [0.15, 0.2) is 0 Å². The lowest BCUT2D eigenvalue weighted by Gasteiger charge is -2.33.